The number of carbonyl (C=O) groups excluding carboxylic acids is 1. The van der Waals surface area contributed by atoms with Crippen LogP contribution in [0.15, 0.2) is 51.4 Å². The summed E-state index contributed by atoms with van der Waals surface area (Å²) in [7, 11) is 1.83. The van der Waals surface area contributed by atoms with Crippen molar-refractivity contribution in [2.24, 2.45) is 5.73 Å². The van der Waals surface area contributed by atoms with Crippen LogP contribution in [0.4, 0.5) is 0 Å². The second kappa shape index (κ2) is 5.62. The van der Waals surface area contributed by atoms with Gasteiger partial charge in [-0.3, -0.25) is 4.79 Å². The number of allylic oxidation sites excluding steroid dienone is 3. The summed E-state index contributed by atoms with van der Waals surface area (Å²) in [6.07, 6.45) is 2.19. The van der Waals surface area contributed by atoms with E-state index in [1.807, 2.05) is 31.3 Å². The van der Waals surface area contributed by atoms with Crippen LogP contribution in [0.5, 0.6) is 0 Å². The standard InChI is InChI=1S/C17H16BrN3O/c1-21-13-6-3-7-14(22)16(13)15(12(9-19)17(21)20)10-4-2-5-11(18)8-10/h2,4-5,8,15H,3,6-7,20H2,1H3/t15-/m1/s1. The highest BCUT2D eigenvalue weighted by molar-refractivity contribution is 9.10. The van der Waals surface area contributed by atoms with Gasteiger partial charge in [-0.05, 0) is 30.5 Å². The van der Waals surface area contributed by atoms with Crippen molar-refractivity contribution in [3.05, 3.63) is 57.0 Å². The molecule has 0 bridgehead atoms. The van der Waals surface area contributed by atoms with Gasteiger partial charge in [0.15, 0.2) is 5.78 Å². The molecule has 5 heteroatoms. The van der Waals surface area contributed by atoms with Gasteiger partial charge in [-0.1, -0.05) is 28.1 Å². The minimum atomic E-state index is -0.360. The molecule has 0 aromatic heterocycles. The molecule has 112 valence electrons. The molecule has 1 aliphatic heterocycles. The van der Waals surface area contributed by atoms with E-state index in [1.165, 1.54) is 0 Å². The third-order valence-electron chi connectivity index (χ3n) is 4.35. The Labute approximate surface area is 138 Å². The molecule has 0 saturated heterocycles. The van der Waals surface area contributed by atoms with Crippen LogP contribution in [0.2, 0.25) is 0 Å². The summed E-state index contributed by atoms with van der Waals surface area (Å²) < 4.78 is 0.921. The number of Topliss-reactive ketones (excluding diaryl/α,β-unsaturated/α-hetero) is 1. The zero-order chi connectivity index (χ0) is 15.9. The van der Waals surface area contributed by atoms with E-state index in [1.54, 1.807) is 4.90 Å². The molecule has 0 spiro atoms. The van der Waals surface area contributed by atoms with Gasteiger partial charge in [0.25, 0.3) is 0 Å². The van der Waals surface area contributed by atoms with Crippen LogP contribution in [0, 0.1) is 11.3 Å². The lowest BCUT2D eigenvalue weighted by atomic mass is 9.76. The number of hydrogen-bond acceptors (Lipinski definition) is 4. The lowest BCUT2D eigenvalue weighted by Gasteiger charge is -2.37. The molecule has 1 heterocycles. The van der Waals surface area contributed by atoms with E-state index in [-0.39, 0.29) is 11.7 Å². The van der Waals surface area contributed by atoms with E-state index in [0.717, 1.165) is 34.1 Å². The average molecular weight is 358 g/mol. The molecule has 2 aliphatic rings. The molecule has 1 aliphatic carbocycles. The topological polar surface area (TPSA) is 70.1 Å². The van der Waals surface area contributed by atoms with Crippen LogP contribution >= 0.6 is 15.9 Å². The highest BCUT2D eigenvalue weighted by Crippen LogP contribution is 2.44. The number of benzene rings is 1. The Morgan fingerprint density at radius 3 is 2.86 bits per heavy atom. The maximum Gasteiger partial charge on any atom is 0.161 e. The van der Waals surface area contributed by atoms with Crippen LogP contribution in [0.1, 0.15) is 30.7 Å². The van der Waals surface area contributed by atoms with Gasteiger partial charge in [-0.2, -0.15) is 5.26 Å². The van der Waals surface area contributed by atoms with Crippen molar-refractivity contribution in [2.45, 2.75) is 25.2 Å². The SMILES string of the molecule is CN1C(N)=C(C#N)[C@@H](c2cccc(Br)c2)C2=C1CCCC2=O. The Morgan fingerprint density at radius 1 is 1.41 bits per heavy atom. The van der Waals surface area contributed by atoms with Crippen molar-refractivity contribution >= 4 is 21.7 Å². The Morgan fingerprint density at radius 2 is 2.18 bits per heavy atom. The number of halogens is 1. The summed E-state index contributed by atoms with van der Waals surface area (Å²) in [5.41, 5.74) is 9.24. The molecule has 0 radical (unpaired) electrons. The van der Waals surface area contributed by atoms with Crippen molar-refractivity contribution < 1.29 is 4.79 Å². The van der Waals surface area contributed by atoms with Crippen LogP contribution in [-0.2, 0) is 4.79 Å². The molecule has 1 atom stereocenters. The van der Waals surface area contributed by atoms with Gasteiger partial charge in [0.05, 0.1) is 17.6 Å². The van der Waals surface area contributed by atoms with E-state index >= 15 is 0 Å². The van der Waals surface area contributed by atoms with Crippen molar-refractivity contribution in [3.8, 4) is 6.07 Å². The van der Waals surface area contributed by atoms with Gasteiger partial charge in [0.1, 0.15) is 5.82 Å². The highest BCUT2D eigenvalue weighted by Gasteiger charge is 2.38. The first kappa shape index (κ1) is 14.9. The molecule has 0 amide bonds. The monoisotopic (exact) mass is 357 g/mol. The molecule has 1 aromatic carbocycles. The van der Waals surface area contributed by atoms with Crippen LogP contribution < -0.4 is 5.73 Å². The zero-order valence-corrected chi connectivity index (χ0v) is 13.9. The van der Waals surface area contributed by atoms with Crippen LogP contribution in [-0.4, -0.2) is 17.7 Å². The van der Waals surface area contributed by atoms with E-state index in [0.29, 0.717) is 17.8 Å². The molecule has 3 rings (SSSR count). The Kier molecular flexibility index (Phi) is 3.79. The Balaban J connectivity index is 2.25. The fourth-order valence-electron chi connectivity index (χ4n) is 3.28. The van der Waals surface area contributed by atoms with Gasteiger partial charge in [0, 0.05) is 29.2 Å². The first-order valence-corrected chi connectivity index (χ1v) is 7.99. The second-order valence-corrected chi connectivity index (χ2v) is 6.51. The number of hydrogen-bond donors (Lipinski definition) is 1. The molecule has 4 nitrogen and oxygen atoms in total. The van der Waals surface area contributed by atoms with Gasteiger partial charge in [-0.25, -0.2) is 0 Å². The smallest absolute Gasteiger partial charge is 0.161 e. The lowest BCUT2D eigenvalue weighted by Crippen LogP contribution is -2.36. The second-order valence-electron chi connectivity index (χ2n) is 5.59. The average Bonchev–Trinajstić information content (AvgIpc) is 2.51. The van der Waals surface area contributed by atoms with Gasteiger partial charge in [-0.15, -0.1) is 0 Å². The fraction of sp³-hybridized carbons (Fsp3) is 0.294. The van der Waals surface area contributed by atoms with Crippen molar-refractivity contribution in [1.29, 1.82) is 5.26 Å². The van der Waals surface area contributed by atoms with E-state index < -0.39 is 0 Å². The maximum atomic E-state index is 12.5. The number of rotatable bonds is 1. The summed E-state index contributed by atoms with van der Waals surface area (Å²) in [5.74, 6) is 0.209. The minimum Gasteiger partial charge on any atom is -0.384 e. The van der Waals surface area contributed by atoms with Crippen molar-refractivity contribution in [3.63, 3.8) is 0 Å². The van der Waals surface area contributed by atoms with E-state index in [9.17, 15) is 10.1 Å². The van der Waals surface area contributed by atoms with Crippen molar-refractivity contribution in [1.82, 2.24) is 4.90 Å². The quantitative estimate of drug-likeness (QED) is 0.837. The summed E-state index contributed by atoms with van der Waals surface area (Å²) in [6.45, 7) is 0. The first-order valence-electron chi connectivity index (χ1n) is 7.19. The van der Waals surface area contributed by atoms with Crippen LogP contribution in [0.25, 0.3) is 0 Å². The molecule has 1 aromatic rings. The molecule has 0 fully saturated rings. The van der Waals surface area contributed by atoms with E-state index in [4.69, 9.17) is 5.73 Å². The van der Waals surface area contributed by atoms with Gasteiger partial charge < -0.3 is 10.6 Å². The number of ketones is 1. The summed E-state index contributed by atoms with van der Waals surface area (Å²) in [4.78, 5) is 14.3. The van der Waals surface area contributed by atoms with Crippen molar-refractivity contribution in [2.75, 3.05) is 7.05 Å². The lowest BCUT2D eigenvalue weighted by molar-refractivity contribution is -0.116. The fourth-order valence-corrected chi connectivity index (χ4v) is 3.70. The summed E-state index contributed by atoms with van der Waals surface area (Å²) in [5, 5.41) is 9.60. The Hall–Kier alpha value is -2.06. The Bertz CT molecular complexity index is 757. The predicted molar refractivity (Wildman–Crippen MR) is 87.4 cm³/mol. The molecular weight excluding hydrogens is 342 g/mol. The number of nitriles is 1. The minimum absolute atomic E-state index is 0.123. The molecule has 0 saturated carbocycles. The number of nitrogens with two attached hydrogens (primary N) is 1. The van der Waals surface area contributed by atoms with Crippen LogP contribution in [0.3, 0.4) is 0 Å². The third-order valence-corrected chi connectivity index (χ3v) is 4.84. The number of carbonyl (C=O) groups is 1. The molecule has 0 unspecified atom stereocenters. The first-order chi connectivity index (χ1) is 10.5. The highest BCUT2D eigenvalue weighted by atomic mass is 79.9. The van der Waals surface area contributed by atoms with Gasteiger partial charge in [0.2, 0.25) is 0 Å². The largest absolute Gasteiger partial charge is 0.384 e. The summed E-state index contributed by atoms with van der Waals surface area (Å²) in [6, 6.07) is 9.95. The van der Waals surface area contributed by atoms with Gasteiger partial charge >= 0.3 is 0 Å². The normalized spacial score (nSPS) is 21.8. The summed E-state index contributed by atoms with van der Waals surface area (Å²) >= 11 is 3.46. The molecule has 22 heavy (non-hydrogen) atoms. The number of nitrogens with zero attached hydrogens (tertiary/aromatic N) is 2. The maximum absolute atomic E-state index is 12.5. The molecule has 2 N–H and O–H groups in total. The third kappa shape index (κ3) is 2.24. The molecular formula is C17H16BrN3O. The van der Waals surface area contributed by atoms with E-state index in [2.05, 4.69) is 22.0 Å². The zero-order valence-electron chi connectivity index (χ0n) is 12.3. The predicted octanol–water partition coefficient (Wildman–Crippen LogP) is 3.18.